The monoisotopic (exact) mass is 404 g/mol. The number of thioether (sulfide) groups is 1. The summed E-state index contributed by atoms with van der Waals surface area (Å²) in [6.45, 7) is 0.161. The number of aliphatic carboxylic acids is 1. The summed E-state index contributed by atoms with van der Waals surface area (Å²) in [5.41, 5.74) is 0.141. The van der Waals surface area contributed by atoms with Crippen molar-refractivity contribution in [2.75, 3.05) is 12.8 Å². The molecule has 2 amide bonds. The summed E-state index contributed by atoms with van der Waals surface area (Å²) < 4.78 is 13.2. The number of nitrogens with zero attached hydrogens (tertiary/aromatic N) is 4. The molecule has 1 fully saturated rings. The first-order chi connectivity index (χ1) is 13.4. The van der Waals surface area contributed by atoms with Crippen molar-refractivity contribution in [3.63, 3.8) is 0 Å². The van der Waals surface area contributed by atoms with E-state index in [0.717, 1.165) is 22.2 Å². The van der Waals surface area contributed by atoms with Gasteiger partial charge < -0.3 is 5.11 Å². The molecule has 1 aromatic heterocycles. The molecule has 1 atom stereocenters. The Morgan fingerprint density at radius 2 is 1.89 bits per heavy atom. The molecule has 10 heteroatoms. The Morgan fingerprint density at radius 1 is 1.18 bits per heavy atom. The maximum atomic E-state index is 13.2. The van der Waals surface area contributed by atoms with Gasteiger partial charge in [-0.15, -0.1) is 0 Å². The van der Waals surface area contributed by atoms with Crippen molar-refractivity contribution in [3.8, 4) is 0 Å². The Balaban J connectivity index is 1.98. The minimum absolute atomic E-state index is 0.0577. The lowest BCUT2D eigenvalue weighted by atomic mass is 10.1. The van der Waals surface area contributed by atoms with Crippen molar-refractivity contribution >= 4 is 29.5 Å². The molecular weight excluding hydrogens is 387 g/mol. The average molecular weight is 404 g/mol. The molecule has 1 saturated heterocycles. The summed E-state index contributed by atoms with van der Waals surface area (Å²) in [7, 11) is 0. The number of hydrogen-bond donors (Lipinski definition) is 1. The first-order valence-corrected chi connectivity index (χ1v) is 9.65. The topological polar surface area (TPSA) is 104 Å². The third-order valence-corrected chi connectivity index (χ3v) is 4.82. The van der Waals surface area contributed by atoms with Crippen LogP contribution in [-0.2, 0) is 4.79 Å². The molecule has 1 aliphatic heterocycles. The largest absolute Gasteiger partial charge is 0.480 e. The molecule has 0 bridgehead atoms. The van der Waals surface area contributed by atoms with Crippen LogP contribution in [0.3, 0.4) is 0 Å². The summed E-state index contributed by atoms with van der Waals surface area (Å²) in [6, 6.07) is 4.92. The van der Waals surface area contributed by atoms with Crippen LogP contribution in [-0.4, -0.2) is 61.7 Å². The number of rotatable bonds is 4. The number of carboxylic acid groups (broad SMARTS) is 1. The van der Waals surface area contributed by atoms with Gasteiger partial charge in [0.1, 0.15) is 11.5 Å². The molecule has 28 heavy (non-hydrogen) atoms. The smallest absolute Gasteiger partial charge is 0.328 e. The zero-order valence-electron chi connectivity index (χ0n) is 14.9. The number of hydrogen-bond acceptors (Lipinski definition) is 6. The molecule has 0 saturated carbocycles. The molecule has 1 aliphatic rings. The maximum absolute atomic E-state index is 13.2. The van der Waals surface area contributed by atoms with Crippen molar-refractivity contribution in [1.82, 2.24) is 20.0 Å². The van der Waals surface area contributed by atoms with Crippen LogP contribution in [0.1, 0.15) is 33.7 Å². The zero-order valence-corrected chi connectivity index (χ0v) is 15.7. The highest BCUT2D eigenvalue weighted by Crippen LogP contribution is 2.24. The van der Waals surface area contributed by atoms with Crippen molar-refractivity contribution in [2.24, 2.45) is 0 Å². The van der Waals surface area contributed by atoms with E-state index in [0.29, 0.717) is 11.6 Å². The SMILES string of the molecule is CSc1nccc(C(=O)N2CCCC(C(=O)O)N2C(=O)c2ccc(F)cc2)n1. The molecule has 1 aromatic carbocycles. The van der Waals surface area contributed by atoms with Gasteiger partial charge in [-0.05, 0) is 49.4 Å². The lowest BCUT2D eigenvalue weighted by Crippen LogP contribution is -2.60. The van der Waals surface area contributed by atoms with Gasteiger partial charge in [-0.3, -0.25) is 9.59 Å². The fourth-order valence-electron chi connectivity index (χ4n) is 2.93. The average Bonchev–Trinajstić information content (AvgIpc) is 2.72. The van der Waals surface area contributed by atoms with Crippen LogP contribution >= 0.6 is 11.8 Å². The van der Waals surface area contributed by atoms with Crippen LogP contribution in [0.15, 0.2) is 41.7 Å². The van der Waals surface area contributed by atoms with Gasteiger partial charge in [0.25, 0.3) is 11.8 Å². The standard InChI is InChI=1S/C18H17FN4O4S/c1-28-18-20-9-8-13(21-18)16(25)22-10-2-3-14(17(26)27)23(22)15(24)11-4-6-12(19)7-5-11/h4-9,14H,2-3,10H2,1H3,(H,26,27). The Morgan fingerprint density at radius 3 is 2.54 bits per heavy atom. The van der Waals surface area contributed by atoms with Crippen molar-refractivity contribution in [3.05, 3.63) is 53.6 Å². The van der Waals surface area contributed by atoms with E-state index in [1.54, 1.807) is 6.26 Å². The summed E-state index contributed by atoms with van der Waals surface area (Å²) in [5, 5.41) is 12.0. The molecule has 2 aromatic rings. The molecule has 0 aliphatic carbocycles. The van der Waals surface area contributed by atoms with Crippen LogP contribution in [0.4, 0.5) is 4.39 Å². The first kappa shape index (κ1) is 19.7. The van der Waals surface area contributed by atoms with Gasteiger partial charge in [0, 0.05) is 18.3 Å². The fourth-order valence-corrected chi connectivity index (χ4v) is 3.28. The second-order valence-electron chi connectivity index (χ2n) is 6.01. The normalized spacial score (nSPS) is 16.7. The minimum atomic E-state index is -1.22. The van der Waals surface area contributed by atoms with Gasteiger partial charge in [-0.1, -0.05) is 11.8 Å². The second-order valence-corrected chi connectivity index (χ2v) is 6.78. The third-order valence-electron chi connectivity index (χ3n) is 4.26. The van der Waals surface area contributed by atoms with Gasteiger partial charge in [0.2, 0.25) is 0 Å². The van der Waals surface area contributed by atoms with E-state index in [1.807, 2.05) is 0 Å². The van der Waals surface area contributed by atoms with Crippen LogP contribution in [0, 0.1) is 5.82 Å². The molecule has 1 N–H and O–H groups in total. The highest BCUT2D eigenvalue weighted by molar-refractivity contribution is 7.98. The van der Waals surface area contributed by atoms with Gasteiger partial charge in [-0.25, -0.2) is 29.2 Å². The third kappa shape index (κ3) is 3.96. The Kier molecular flexibility index (Phi) is 5.88. The molecule has 146 valence electrons. The molecule has 1 unspecified atom stereocenters. The number of hydrazine groups is 1. The number of benzene rings is 1. The summed E-state index contributed by atoms with van der Waals surface area (Å²) in [6.07, 6.45) is 3.80. The van der Waals surface area contributed by atoms with E-state index in [1.165, 1.54) is 36.2 Å². The van der Waals surface area contributed by atoms with E-state index >= 15 is 0 Å². The summed E-state index contributed by atoms with van der Waals surface area (Å²) >= 11 is 1.25. The highest BCUT2D eigenvalue weighted by Gasteiger charge is 2.40. The molecule has 3 rings (SSSR count). The van der Waals surface area contributed by atoms with Gasteiger partial charge in [0.05, 0.1) is 0 Å². The van der Waals surface area contributed by atoms with Crippen molar-refractivity contribution < 1.29 is 23.9 Å². The summed E-state index contributed by atoms with van der Waals surface area (Å²) in [5.74, 6) is -3.04. The van der Waals surface area contributed by atoms with Crippen LogP contribution in [0.5, 0.6) is 0 Å². The van der Waals surface area contributed by atoms with Crippen LogP contribution < -0.4 is 0 Å². The predicted molar refractivity (Wildman–Crippen MR) is 98.1 cm³/mol. The number of amides is 2. The quantitative estimate of drug-likeness (QED) is 0.615. The van der Waals surface area contributed by atoms with Crippen LogP contribution in [0.2, 0.25) is 0 Å². The lowest BCUT2D eigenvalue weighted by Gasteiger charge is -2.42. The van der Waals surface area contributed by atoms with Crippen LogP contribution in [0.25, 0.3) is 0 Å². The van der Waals surface area contributed by atoms with E-state index < -0.39 is 29.6 Å². The van der Waals surface area contributed by atoms with Gasteiger partial charge >= 0.3 is 5.97 Å². The summed E-state index contributed by atoms with van der Waals surface area (Å²) in [4.78, 5) is 45.9. The number of carbonyl (C=O) groups excluding carboxylic acids is 2. The molecule has 8 nitrogen and oxygen atoms in total. The zero-order chi connectivity index (χ0) is 20.3. The molecule has 0 radical (unpaired) electrons. The maximum Gasteiger partial charge on any atom is 0.328 e. The molecule has 2 heterocycles. The minimum Gasteiger partial charge on any atom is -0.480 e. The number of carbonyl (C=O) groups is 3. The van der Waals surface area contributed by atoms with Crippen molar-refractivity contribution in [1.29, 1.82) is 0 Å². The molecule has 0 spiro atoms. The second kappa shape index (κ2) is 8.34. The Labute approximate surface area is 164 Å². The number of aromatic nitrogens is 2. The van der Waals surface area contributed by atoms with E-state index in [-0.39, 0.29) is 24.2 Å². The first-order valence-electron chi connectivity index (χ1n) is 8.43. The van der Waals surface area contributed by atoms with E-state index in [9.17, 15) is 23.9 Å². The van der Waals surface area contributed by atoms with E-state index in [4.69, 9.17) is 0 Å². The molecular formula is C18H17FN4O4S. The van der Waals surface area contributed by atoms with Gasteiger partial charge in [-0.2, -0.15) is 0 Å². The van der Waals surface area contributed by atoms with E-state index in [2.05, 4.69) is 9.97 Å². The lowest BCUT2D eigenvalue weighted by molar-refractivity contribution is -0.150. The van der Waals surface area contributed by atoms with Gasteiger partial charge in [0.15, 0.2) is 11.2 Å². The Bertz CT molecular complexity index is 909. The fraction of sp³-hybridized carbons (Fsp3) is 0.278. The highest BCUT2D eigenvalue weighted by atomic mass is 32.2. The van der Waals surface area contributed by atoms with Crippen molar-refractivity contribution in [2.45, 2.75) is 24.0 Å². The number of carboxylic acids is 1. The Hall–Kier alpha value is -3.01. The number of halogens is 1. The predicted octanol–water partition coefficient (Wildman–Crippen LogP) is 2.08.